The third-order valence-electron chi connectivity index (χ3n) is 8.77. The fraction of sp³-hybridized carbons (Fsp3) is 0. The smallest absolute Gasteiger partial charge is 0.166 e. The first-order chi connectivity index (χ1) is 29.0. The van der Waals surface area contributed by atoms with Crippen LogP contribution >= 0.6 is 0 Å². The van der Waals surface area contributed by atoms with Gasteiger partial charge in [-0.15, -0.1) is 0 Å². The van der Waals surface area contributed by atoms with Gasteiger partial charge in [-0.25, -0.2) is 15.0 Å². The van der Waals surface area contributed by atoms with E-state index >= 15 is 0 Å². The third-order valence-corrected chi connectivity index (χ3v) is 8.77. The zero-order valence-corrected chi connectivity index (χ0v) is 26.1. The summed E-state index contributed by atoms with van der Waals surface area (Å²) in [6.07, 6.45) is 0. The fourth-order valence-electron chi connectivity index (χ4n) is 6.45. The average Bonchev–Trinajstić information content (AvgIpc) is 3.87. The van der Waals surface area contributed by atoms with Crippen molar-refractivity contribution in [1.82, 2.24) is 19.5 Å². The van der Waals surface area contributed by atoms with Crippen LogP contribution < -0.4 is 0 Å². The van der Waals surface area contributed by atoms with Gasteiger partial charge in [0.1, 0.15) is 5.58 Å². The van der Waals surface area contributed by atoms with Crippen molar-refractivity contribution in [3.8, 4) is 51.0 Å². The van der Waals surface area contributed by atoms with Gasteiger partial charge in [0.2, 0.25) is 0 Å². The molecule has 50 heavy (non-hydrogen) atoms. The monoisotopic (exact) mass is 650 g/mol. The van der Waals surface area contributed by atoms with Crippen LogP contribution in [-0.2, 0) is 0 Å². The second-order valence-corrected chi connectivity index (χ2v) is 11.7. The Morgan fingerprint density at radius 3 is 1.80 bits per heavy atom. The number of fused-ring (bicyclic) bond motifs is 7. The molecule has 3 aromatic heterocycles. The first-order valence-electron chi connectivity index (χ1n) is 20.9. The molecule has 0 radical (unpaired) electrons. The van der Waals surface area contributed by atoms with Crippen LogP contribution in [0.2, 0.25) is 0 Å². The fourth-order valence-corrected chi connectivity index (χ4v) is 6.45. The number of nitrogens with zero attached hydrogens (tertiary/aromatic N) is 4. The maximum absolute atomic E-state index is 9.37. The standard InChI is InChI=1S/C45H28N4O/c1-3-13-29(14-4-1)30-23-25-32(26-24-30)44-46-43(31-15-5-2-6-16-31)47-45(48-44)37-19-8-11-21-39(37)49-38-20-10-7-17-33(38)35-27-28-36-34-18-9-12-22-40(34)50-42(36)41(35)49/h1-28H/i7D,9D,10D,12D,17D,18D,20D,22D,27D,28D. The topological polar surface area (TPSA) is 56.7 Å². The Labute approximate surface area is 301 Å². The van der Waals surface area contributed by atoms with E-state index in [1.165, 1.54) is 4.57 Å². The number of furan rings is 1. The number of benzene rings is 7. The minimum absolute atomic E-state index is 0.0153. The molecule has 5 heteroatoms. The normalized spacial score (nSPS) is 14.4. The third kappa shape index (κ3) is 4.52. The summed E-state index contributed by atoms with van der Waals surface area (Å²) < 4.78 is 96.4. The van der Waals surface area contributed by atoms with E-state index in [-0.39, 0.29) is 49.6 Å². The number of aromatic nitrogens is 4. The van der Waals surface area contributed by atoms with Gasteiger partial charge in [0.05, 0.1) is 30.4 Å². The van der Waals surface area contributed by atoms with Gasteiger partial charge in [-0.2, -0.15) is 0 Å². The molecule has 10 rings (SSSR count). The van der Waals surface area contributed by atoms with E-state index in [0.717, 1.165) is 16.7 Å². The SMILES string of the molecule is [2H]c1c([2H])c([2H])c2c(oc3c2c([2H])c([2H])c2c4c([2H])c([2H])c([2H])c([2H])c4n(-c4ccccc4-c4nc(-c5ccccc5)nc(-c5ccc(-c6ccccc6)cc5)n4)c32)c1[2H]. The molecule has 3 heterocycles. The molecule has 0 bridgehead atoms. The highest BCUT2D eigenvalue weighted by atomic mass is 16.3. The van der Waals surface area contributed by atoms with Crippen LogP contribution in [-0.4, -0.2) is 19.5 Å². The van der Waals surface area contributed by atoms with Gasteiger partial charge in [0.25, 0.3) is 0 Å². The molecular weight excluding hydrogens is 613 g/mol. The predicted molar refractivity (Wildman–Crippen MR) is 203 cm³/mol. The zero-order chi connectivity index (χ0) is 41.7. The van der Waals surface area contributed by atoms with Crippen LogP contribution in [0, 0.1) is 0 Å². The van der Waals surface area contributed by atoms with Crippen molar-refractivity contribution in [2.45, 2.75) is 0 Å². The lowest BCUT2D eigenvalue weighted by atomic mass is 10.0. The summed E-state index contributed by atoms with van der Waals surface area (Å²) in [6, 6.07) is 29.5. The number of hydrogen-bond acceptors (Lipinski definition) is 4. The summed E-state index contributed by atoms with van der Waals surface area (Å²) in [4.78, 5) is 14.9. The van der Waals surface area contributed by atoms with Crippen LogP contribution in [0.15, 0.2) is 174 Å². The minimum Gasteiger partial charge on any atom is -0.454 e. The Hall–Kier alpha value is -6.85. The Morgan fingerprint density at radius 1 is 0.460 bits per heavy atom. The van der Waals surface area contributed by atoms with E-state index in [1.807, 2.05) is 84.9 Å². The molecule has 0 amide bonds. The molecule has 0 aliphatic heterocycles. The van der Waals surface area contributed by atoms with Gasteiger partial charge in [-0.3, -0.25) is 0 Å². The molecular formula is C45H28N4O. The highest BCUT2D eigenvalue weighted by molar-refractivity contribution is 6.21. The second-order valence-electron chi connectivity index (χ2n) is 11.7. The molecule has 0 atom stereocenters. The summed E-state index contributed by atoms with van der Waals surface area (Å²) >= 11 is 0. The molecule has 0 saturated carbocycles. The summed E-state index contributed by atoms with van der Waals surface area (Å²) in [5.74, 6) is 0.964. The van der Waals surface area contributed by atoms with Crippen molar-refractivity contribution >= 4 is 43.7 Å². The quantitative estimate of drug-likeness (QED) is 0.186. The van der Waals surface area contributed by atoms with Crippen LogP contribution in [0.5, 0.6) is 0 Å². The minimum atomic E-state index is -0.541. The lowest BCUT2D eigenvalue weighted by molar-refractivity contribution is 0.671. The average molecular weight is 651 g/mol. The molecule has 0 unspecified atom stereocenters. The Morgan fingerprint density at radius 2 is 1.02 bits per heavy atom. The van der Waals surface area contributed by atoms with Gasteiger partial charge in [0.15, 0.2) is 23.1 Å². The van der Waals surface area contributed by atoms with Crippen molar-refractivity contribution < 1.29 is 18.1 Å². The van der Waals surface area contributed by atoms with E-state index in [2.05, 4.69) is 0 Å². The zero-order valence-electron chi connectivity index (χ0n) is 36.1. The first kappa shape index (κ1) is 19.8. The molecule has 234 valence electrons. The van der Waals surface area contributed by atoms with Crippen molar-refractivity contribution in [2.24, 2.45) is 0 Å². The molecule has 0 N–H and O–H groups in total. The summed E-state index contributed by atoms with van der Waals surface area (Å²) in [7, 11) is 0. The van der Waals surface area contributed by atoms with Crippen LogP contribution in [0.25, 0.3) is 94.7 Å². The van der Waals surface area contributed by atoms with E-state index in [1.54, 1.807) is 24.3 Å². The summed E-state index contributed by atoms with van der Waals surface area (Å²) in [5.41, 5.74) is 3.98. The van der Waals surface area contributed by atoms with E-state index in [4.69, 9.17) is 29.0 Å². The highest BCUT2D eigenvalue weighted by Crippen LogP contribution is 2.42. The van der Waals surface area contributed by atoms with Gasteiger partial charge in [0, 0.05) is 38.2 Å². The maximum atomic E-state index is 9.37. The molecule has 7 aromatic carbocycles. The Bertz CT molecular complexity index is 3430. The van der Waals surface area contributed by atoms with Gasteiger partial charge in [-0.05, 0) is 41.4 Å². The van der Waals surface area contributed by atoms with E-state index in [9.17, 15) is 4.11 Å². The second kappa shape index (κ2) is 11.4. The molecule has 0 saturated heterocycles. The highest BCUT2D eigenvalue weighted by Gasteiger charge is 2.22. The number of hydrogen-bond donors (Lipinski definition) is 0. The lowest BCUT2D eigenvalue weighted by Crippen LogP contribution is -2.03. The van der Waals surface area contributed by atoms with Crippen molar-refractivity contribution in [1.29, 1.82) is 0 Å². The van der Waals surface area contributed by atoms with Gasteiger partial charge >= 0.3 is 0 Å². The molecule has 0 fully saturated rings. The van der Waals surface area contributed by atoms with Gasteiger partial charge in [-0.1, -0.05) is 139 Å². The number of para-hydroxylation sites is 3. The maximum Gasteiger partial charge on any atom is 0.166 e. The summed E-state index contributed by atoms with van der Waals surface area (Å²) in [6.45, 7) is 0. The molecule has 10 aromatic rings. The van der Waals surface area contributed by atoms with Crippen molar-refractivity contribution in [2.75, 3.05) is 0 Å². The largest absolute Gasteiger partial charge is 0.454 e. The lowest BCUT2D eigenvalue weighted by Gasteiger charge is -2.14. The van der Waals surface area contributed by atoms with Crippen LogP contribution in [0.3, 0.4) is 0 Å². The first-order valence-corrected chi connectivity index (χ1v) is 15.9. The molecule has 0 aliphatic carbocycles. The predicted octanol–water partition coefficient (Wildman–Crippen LogP) is 11.5. The van der Waals surface area contributed by atoms with E-state index < -0.39 is 60.4 Å². The van der Waals surface area contributed by atoms with Gasteiger partial charge < -0.3 is 8.98 Å². The van der Waals surface area contributed by atoms with Crippen molar-refractivity contribution in [3.63, 3.8) is 0 Å². The van der Waals surface area contributed by atoms with Crippen LogP contribution in [0.4, 0.5) is 0 Å². The van der Waals surface area contributed by atoms with E-state index in [0.29, 0.717) is 28.5 Å². The number of rotatable bonds is 5. The Balaban J connectivity index is 1.32. The molecule has 0 spiro atoms. The van der Waals surface area contributed by atoms with Crippen LogP contribution in [0.1, 0.15) is 13.7 Å². The van der Waals surface area contributed by atoms with Crippen molar-refractivity contribution in [3.05, 3.63) is 170 Å². The summed E-state index contributed by atoms with van der Waals surface area (Å²) in [5, 5.41) is -0.197. The Kier molecular flexibility index (Phi) is 4.52. The molecule has 0 aliphatic rings. The molecule has 5 nitrogen and oxygen atoms in total.